The van der Waals surface area contributed by atoms with Gasteiger partial charge in [0.25, 0.3) is 0 Å². The molecule has 2 aromatic rings. The molecule has 0 saturated carbocycles. The predicted molar refractivity (Wildman–Crippen MR) is 62.6 cm³/mol. The van der Waals surface area contributed by atoms with Gasteiger partial charge in [-0.05, 0) is 29.8 Å². The highest BCUT2D eigenvalue weighted by Crippen LogP contribution is 2.15. The van der Waals surface area contributed by atoms with Crippen molar-refractivity contribution in [3.8, 4) is 6.07 Å². The fourth-order valence-corrected chi connectivity index (χ4v) is 1.55. The minimum absolute atomic E-state index is 0.612. The Balaban J connectivity index is 2.32. The van der Waals surface area contributed by atoms with E-state index in [-0.39, 0.29) is 0 Å². The molecule has 3 heteroatoms. The van der Waals surface area contributed by atoms with Crippen molar-refractivity contribution in [2.24, 2.45) is 0 Å². The number of hydrogen-bond acceptors (Lipinski definition) is 3. The summed E-state index contributed by atoms with van der Waals surface area (Å²) in [6.07, 6.45) is 2.41. The molecule has 0 aliphatic carbocycles. The summed E-state index contributed by atoms with van der Waals surface area (Å²) >= 11 is 0. The second kappa shape index (κ2) is 4.45. The molecule has 0 aliphatic heterocycles. The van der Waals surface area contributed by atoms with Gasteiger partial charge in [-0.1, -0.05) is 12.1 Å². The molecule has 0 amide bonds. The number of nitrogens with two attached hydrogens (primary N) is 1. The second-order valence-electron chi connectivity index (χ2n) is 3.53. The molecule has 0 saturated heterocycles. The zero-order valence-electron chi connectivity index (χ0n) is 8.72. The van der Waals surface area contributed by atoms with Gasteiger partial charge in [-0.15, -0.1) is 0 Å². The number of hydrogen-bond donors (Lipinski definition) is 1. The Bertz CT molecular complexity index is 527. The molecule has 0 bridgehead atoms. The van der Waals surface area contributed by atoms with Crippen LogP contribution in [0.5, 0.6) is 0 Å². The van der Waals surface area contributed by atoms with Crippen molar-refractivity contribution in [1.29, 1.82) is 5.26 Å². The van der Waals surface area contributed by atoms with E-state index in [4.69, 9.17) is 11.0 Å². The summed E-state index contributed by atoms with van der Waals surface area (Å²) in [7, 11) is 0. The lowest BCUT2D eigenvalue weighted by Crippen LogP contribution is -1.96. The number of nitrogen functional groups attached to an aromatic ring is 1. The quantitative estimate of drug-likeness (QED) is 0.770. The molecule has 2 rings (SSSR count). The predicted octanol–water partition coefficient (Wildman–Crippen LogP) is 2.13. The maximum absolute atomic E-state index is 8.99. The third-order valence-corrected chi connectivity index (χ3v) is 2.35. The van der Waals surface area contributed by atoms with Crippen molar-refractivity contribution in [3.05, 3.63) is 59.4 Å². The van der Waals surface area contributed by atoms with Crippen LogP contribution in [-0.2, 0) is 6.42 Å². The monoisotopic (exact) mass is 209 g/mol. The smallest absolute Gasteiger partial charge is 0.0995 e. The van der Waals surface area contributed by atoms with Crippen LogP contribution >= 0.6 is 0 Å². The number of pyridine rings is 1. The van der Waals surface area contributed by atoms with Crippen molar-refractivity contribution in [2.75, 3.05) is 5.73 Å². The molecular weight excluding hydrogens is 198 g/mol. The Labute approximate surface area is 94.2 Å². The number of aromatic nitrogens is 1. The van der Waals surface area contributed by atoms with Gasteiger partial charge in [0.2, 0.25) is 0 Å². The summed E-state index contributed by atoms with van der Waals surface area (Å²) in [6, 6.07) is 13.3. The number of nitrogens with zero attached hydrogens (tertiary/aromatic N) is 2. The van der Waals surface area contributed by atoms with Crippen molar-refractivity contribution in [1.82, 2.24) is 4.98 Å². The minimum Gasteiger partial charge on any atom is -0.399 e. The first-order valence-electron chi connectivity index (χ1n) is 4.98. The van der Waals surface area contributed by atoms with Crippen molar-refractivity contribution >= 4 is 5.69 Å². The van der Waals surface area contributed by atoms with Crippen molar-refractivity contribution in [3.63, 3.8) is 0 Å². The second-order valence-corrected chi connectivity index (χ2v) is 3.53. The topological polar surface area (TPSA) is 62.7 Å². The van der Waals surface area contributed by atoms with Crippen molar-refractivity contribution in [2.45, 2.75) is 6.42 Å². The Kier molecular flexibility index (Phi) is 2.84. The first-order valence-corrected chi connectivity index (χ1v) is 4.98. The Morgan fingerprint density at radius 2 is 2.12 bits per heavy atom. The molecule has 3 nitrogen and oxygen atoms in total. The maximum Gasteiger partial charge on any atom is 0.0995 e. The van der Waals surface area contributed by atoms with Crippen LogP contribution in [0.15, 0.2) is 42.6 Å². The van der Waals surface area contributed by atoms with Gasteiger partial charge in [0.1, 0.15) is 0 Å². The van der Waals surface area contributed by atoms with E-state index >= 15 is 0 Å². The molecule has 0 aliphatic rings. The van der Waals surface area contributed by atoms with Crippen LogP contribution in [0.3, 0.4) is 0 Å². The Hall–Kier alpha value is -2.34. The van der Waals surface area contributed by atoms with Gasteiger partial charge in [-0.25, -0.2) is 0 Å². The molecule has 78 valence electrons. The first-order chi connectivity index (χ1) is 7.79. The van der Waals surface area contributed by atoms with Crippen LogP contribution in [0.1, 0.15) is 16.8 Å². The SMILES string of the molecule is N#Cc1cc(N)ccc1Cc1ccccn1. The van der Waals surface area contributed by atoms with Gasteiger partial charge in [0.15, 0.2) is 0 Å². The maximum atomic E-state index is 8.99. The lowest BCUT2D eigenvalue weighted by molar-refractivity contribution is 1.07. The Morgan fingerprint density at radius 3 is 2.81 bits per heavy atom. The lowest BCUT2D eigenvalue weighted by Gasteiger charge is -2.04. The summed E-state index contributed by atoms with van der Waals surface area (Å²) in [5.74, 6) is 0. The highest BCUT2D eigenvalue weighted by molar-refractivity contribution is 5.50. The van der Waals surface area contributed by atoms with Gasteiger partial charge >= 0.3 is 0 Å². The van der Waals surface area contributed by atoms with Crippen LogP contribution in [0.4, 0.5) is 5.69 Å². The molecule has 0 unspecified atom stereocenters. The molecule has 2 N–H and O–H groups in total. The highest BCUT2D eigenvalue weighted by atomic mass is 14.7. The third-order valence-electron chi connectivity index (χ3n) is 2.35. The van der Waals surface area contributed by atoms with E-state index in [1.165, 1.54) is 0 Å². The fraction of sp³-hybridized carbons (Fsp3) is 0.0769. The summed E-state index contributed by atoms with van der Waals surface area (Å²) in [4.78, 5) is 4.23. The average Bonchev–Trinajstić information content (AvgIpc) is 2.33. The van der Waals surface area contributed by atoms with E-state index in [2.05, 4.69) is 11.1 Å². The van der Waals surface area contributed by atoms with Crippen LogP contribution in [0.25, 0.3) is 0 Å². The zero-order valence-corrected chi connectivity index (χ0v) is 8.72. The molecule has 0 atom stereocenters. The number of rotatable bonds is 2. The largest absolute Gasteiger partial charge is 0.399 e. The molecule has 0 spiro atoms. The molecule has 1 aromatic heterocycles. The minimum atomic E-state index is 0.612. The first kappa shape index (κ1) is 10.2. The average molecular weight is 209 g/mol. The number of benzene rings is 1. The fourth-order valence-electron chi connectivity index (χ4n) is 1.55. The molecule has 0 radical (unpaired) electrons. The van der Waals surface area contributed by atoms with Gasteiger partial charge in [-0.2, -0.15) is 5.26 Å². The molecule has 1 heterocycles. The van der Waals surface area contributed by atoms with Crippen LogP contribution in [0.2, 0.25) is 0 Å². The van der Waals surface area contributed by atoms with E-state index in [0.29, 0.717) is 17.7 Å². The standard InChI is InChI=1S/C13H11N3/c14-9-11-7-12(15)5-4-10(11)8-13-3-1-2-6-16-13/h1-7H,8,15H2. The summed E-state index contributed by atoms with van der Waals surface area (Å²) < 4.78 is 0. The van der Waals surface area contributed by atoms with Gasteiger partial charge < -0.3 is 5.73 Å². The normalized spacial score (nSPS) is 9.69. The summed E-state index contributed by atoms with van der Waals surface area (Å²) in [5, 5.41) is 8.99. The summed E-state index contributed by atoms with van der Waals surface area (Å²) in [5.41, 5.74) is 8.76. The third kappa shape index (κ3) is 2.18. The van der Waals surface area contributed by atoms with Gasteiger partial charge in [0.05, 0.1) is 11.6 Å². The van der Waals surface area contributed by atoms with Crippen molar-refractivity contribution < 1.29 is 0 Å². The van der Waals surface area contributed by atoms with E-state index in [1.807, 2.05) is 24.3 Å². The molecule has 1 aromatic carbocycles. The lowest BCUT2D eigenvalue weighted by atomic mass is 10.0. The van der Waals surface area contributed by atoms with Gasteiger partial charge in [-0.3, -0.25) is 4.98 Å². The van der Waals surface area contributed by atoms with E-state index < -0.39 is 0 Å². The highest BCUT2D eigenvalue weighted by Gasteiger charge is 2.04. The van der Waals surface area contributed by atoms with Crippen LogP contribution in [-0.4, -0.2) is 4.98 Å². The van der Waals surface area contributed by atoms with E-state index in [1.54, 1.807) is 18.3 Å². The number of anilines is 1. The molecular formula is C13H11N3. The molecule has 0 fully saturated rings. The van der Waals surface area contributed by atoms with Gasteiger partial charge in [0, 0.05) is 24.0 Å². The number of nitriles is 1. The molecule has 16 heavy (non-hydrogen) atoms. The zero-order chi connectivity index (χ0) is 11.4. The van der Waals surface area contributed by atoms with E-state index in [9.17, 15) is 0 Å². The van der Waals surface area contributed by atoms with E-state index in [0.717, 1.165) is 11.3 Å². The van der Waals surface area contributed by atoms with Crippen LogP contribution in [0, 0.1) is 11.3 Å². The summed E-state index contributed by atoms with van der Waals surface area (Å²) in [6.45, 7) is 0. The van der Waals surface area contributed by atoms with Crippen LogP contribution < -0.4 is 5.73 Å². The Morgan fingerprint density at radius 1 is 1.25 bits per heavy atom.